The smallest absolute Gasteiger partial charge is 0.319 e. The molecular weight excluding hydrogens is 530 g/mol. The molecule has 3 N–H and O–H groups in total. The lowest BCUT2D eigenvalue weighted by Gasteiger charge is -2.35. The number of hydroxylamine groups is 1. The van der Waals surface area contributed by atoms with Crippen molar-refractivity contribution in [2.24, 2.45) is 0 Å². The van der Waals surface area contributed by atoms with Gasteiger partial charge in [-0.3, -0.25) is 4.79 Å². The zero-order valence-corrected chi connectivity index (χ0v) is 23.6. The Hall–Kier alpha value is -2.85. The second kappa shape index (κ2) is 13.5. The molecule has 7 nitrogen and oxygen atoms in total. The second-order valence-electron chi connectivity index (χ2n) is 9.95. The van der Waals surface area contributed by atoms with Crippen LogP contribution in [0.2, 0.25) is 0 Å². The Bertz CT molecular complexity index is 1240. The number of amides is 3. The summed E-state index contributed by atoms with van der Waals surface area (Å²) in [5, 5.41) is 5.84. The Kier molecular flexibility index (Phi) is 9.58. The number of hydrogen-bond donors (Lipinski definition) is 3. The fourth-order valence-electron chi connectivity index (χ4n) is 4.95. The van der Waals surface area contributed by atoms with Gasteiger partial charge in [-0.05, 0) is 66.8 Å². The molecule has 0 saturated carbocycles. The summed E-state index contributed by atoms with van der Waals surface area (Å²) in [6.45, 7) is 1.14. The first-order valence-corrected chi connectivity index (χ1v) is 15.4. The van der Waals surface area contributed by atoms with Crippen molar-refractivity contribution < 1.29 is 19.2 Å². The van der Waals surface area contributed by atoms with E-state index in [-0.39, 0.29) is 23.0 Å². The topological polar surface area (TPSA) is 88.7 Å². The van der Waals surface area contributed by atoms with Crippen molar-refractivity contribution in [3.8, 4) is 10.4 Å². The first-order valence-electron chi connectivity index (χ1n) is 13.6. The van der Waals surface area contributed by atoms with E-state index in [1.165, 1.54) is 11.3 Å². The normalized spacial score (nSPS) is 21.2. The molecule has 2 saturated heterocycles. The summed E-state index contributed by atoms with van der Waals surface area (Å²) >= 11 is 3.59. The quantitative estimate of drug-likeness (QED) is 0.248. The molecule has 3 amide bonds. The van der Waals surface area contributed by atoms with Gasteiger partial charge in [-0.2, -0.15) is 0 Å². The number of hydrogen-bond acceptors (Lipinski definition) is 6. The molecule has 3 aromatic rings. The second-order valence-corrected chi connectivity index (χ2v) is 12.5. The van der Waals surface area contributed by atoms with Crippen LogP contribution in [0.25, 0.3) is 10.4 Å². The van der Waals surface area contributed by atoms with Crippen molar-refractivity contribution in [3.05, 3.63) is 77.2 Å². The highest BCUT2D eigenvalue weighted by Gasteiger charge is 2.38. The van der Waals surface area contributed by atoms with E-state index in [9.17, 15) is 9.59 Å². The van der Waals surface area contributed by atoms with Crippen LogP contribution in [-0.2, 0) is 25.7 Å². The van der Waals surface area contributed by atoms with Gasteiger partial charge >= 0.3 is 6.03 Å². The first kappa shape index (κ1) is 27.7. The first-order chi connectivity index (χ1) is 19.1. The van der Waals surface area contributed by atoms with E-state index in [4.69, 9.17) is 9.57 Å². The summed E-state index contributed by atoms with van der Waals surface area (Å²) in [5.74, 6) is 0.922. The summed E-state index contributed by atoms with van der Waals surface area (Å²) in [7, 11) is 0. The van der Waals surface area contributed by atoms with E-state index in [0.717, 1.165) is 59.5 Å². The minimum atomic E-state index is -0.354. The molecule has 206 valence electrons. The van der Waals surface area contributed by atoms with Crippen molar-refractivity contribution in [2.75, 3.05) is 17.7 Å². The van der Waals surface area contributed by atoms with Gasteiger partial charge in [0.15, 0.2) is 6.29 Å². The van der Waals surface area contributed by atoms with Crippen LogP contribution in [0.1, 0.15) is 55.4 Å². The summed E-state index contributed by atoms with van der Waals surface area (Å²) < 4.78 is 5.31. The molecule has 5 rings (SSSR count). The van der Waals surface area contributed by atoms with Gasteiger partial charge in [0.05, 0.1) is 4.75 Å². The maximum atomic E-state index is 13.0. The fraction of sp³-hybridized carbons (Fsp3) is 0.400. The van der Waals surface area contributed by atoms with Crippen LogP contribution in [0.15, 0.2) is 66.7 Å². The minimum Gasteiger partial charge on any atom is -0.350 e. The average Bonchev–Trinajstić information content (AvgIpc) is 3.48. The molecule has 1 unspecified atom stereocenters. The van der Waals surface area contributed by atoms with Crippen molar-refractivity contribution >= 4 is 40.7 Å². The predicted octanol–water partition coefficient (Wildman–Crippen LogP) is 6.81. The lowest BCUT2D eigenvalue weighted by molar-refractivity contribution is -0.200. The molecule has 0 aliphatic carbocycles. The number of urea groups is 1. The van der Waals surface area contributed by atoms with E-state index in [1.807, 2.05) is 66.4 Å². The number of thioether (sulfide) groups is 1. The molecule has 2 aliphatic heterocycles. The SMILES string of the molecule is O=C(C[C@]1(c2ccc(-c3cccc(NC(=O)NCc4ccccc4)c3)s2)CCCCS1)NOC1CCCCO1. The highest BCUT2D eigenvalue weighted by Crippen LogP contribution is 2.51. The zero-order valence-electron chi connectivity index (χ0n) is 21.9. The Labute approximate surface area is 238 Å². The van der Waals surface area contributed by atoms with E-state index in [1.54, 1.807) is 11.3 Å². The third kappa shape index (κ3) is 7.63. The van der Waals surface area contributed by atoms with E-state index in [0.29, 0.717) is 19.6 Å². The average molecular weight is 566 g/mol. The zero-order chi connectivity index (χ0) is 26.9. The Morgan fingerprint density at radius 1 is 1.00 bits per heavy atom. The summed E-state index contributed by atoms with van der Waals surface area (Å²) in [6, 6.07) is 21.7. The molecule has 2 atom stereocenters. The standard InChI is InChI=1S/C30H35N3O4S2/c34-27(33-37-28-13-4-6-17-36-28)20-30(16-5-7-18-38-30)26-15-14-25(39-26)23-11-8-12-24(19-23)32-29(35)31-21-22-9-2-1-3-10-22/h1-3,8-12,14-15,19,28H,4-7,13,16-18,20-21H2,(H,33,34)(H2,31,32,35)/t28?,30-/m0/s1. The summed E-state index contributed by atoms with van der Waals surface area (Å²) in [4.78, 5) is 33.3. The maximum Gasteiger partial charge on any atom is 0.319 e. The van der Waals surface area contributed by atoms with Gasteiger partial charge in [0, 0.05) is 41.4 Å². The molecule has 39 heavy (non-hydrogen) atoms. The van der Waals surface area contributed by atoms with Crippen LogP contribution in [0.3, 0.4) is 0 Å². The fourth-order valence-corrected chi connectivity index (χ4v) is 7.83. The number of carbonyl (C=O) groups is 2. The van der Waals surface area contributed by atoms with Gasteiger partial charge in [0.25, 0.3) is 0 Å². The lowest BCUT2D eigenvalue weighted by atomic mass is 9.94. The van der Waals surface area contributed by atoms with Gasteiger partial charge in [-0.25, -0.2) is 15.1 Å². The molecule has 1 aromatic heterocycles. The Morgan fingerprint density at radius 2 is 1.90 bits per heavy atom. The van der Waals surface area contributed by atoms with Crippen molar-refractivity contribution in [2.45, 2.75) is 62.5 Å². The van der Waals surface area contributed by atoms with Crippen LogP contribution >= 0.6 is 23.1 Å². The van der Waals surface area contributed by atoms with Crippen LogP contribution < -0.4 is 16.1 Å². The largest absolute Gasteiger partial charge is 0.350 e. The monoisotopic (exact) mass is 565 g/mol. The van der Waals surface area contributed by atoms with E-state index < -0.39 is 0 Å². The van der Waals surface area contributed by atoms with Crippen LogP contribution in [-0.4, -0.2) is 30.6 Å². The van der Waals surface area contributed by atoms with Gasteiger partial charge in [-0.15, -0.1) is 23.1 Å². The van der Waals surface area contributed by atoms with Gasteiger partial charge in [-0.1, -0.05) is 48.9 Å². The number of nitrogens with one attached hydrogen (secondary N) is 3. The van der Waals surface area contributed by atoms with Gasteiger partial charge in [0.2, 0.25) is 5.91 Å². The van der Waals surface area contributed by atoms with Crippen LogP contribution in [0, 0.1) is 0 Å². The molecule has 3 heterocycles. The maximum absolute atomic E-state index is 13.0. The number of thiophene rings is 1. The molecular formula is C30H35N3O4S2. The number of carbonyl (C=O) groups excluding carboxylic acids is 2. The van der Waals surface area contributed by atoms with E-state index in [2.05, 4.69) is 28.2 Å². The lowest BCUT2D eigenvalue weighted by Crippen LogP contribution is -2.37. The van der Waals surface area contributed by atoms with E-state index >= 15 is 0 Å². The van der Waals surface area contributed by atoms with Crippen molar-refractivity contribution in [1.82, 2.24) is 10.8 Å². The third-order valence-corrected chi connectivity index (χ3v) is 10.1. The number of rotatable bonds is 9. The molecule has 0 spiro atoms. The molecule has 2 aliphatic rings. The molecule has 0 radical (unpaired) electrons. The predicted molar refractivity (Wildman–Crippen MR) is 157 cm³/mol. The Balaban J connectivity index is 1.23. The number of benzene rings is 2. The molecule has 0 bridgehead atoms. The highest BCUT2D eigenvalue weighted by atomic mass is 32.2. The Morgan fingerprint density at radius 3 is 2.69 bits per heavy atom. The summed E-state index contributed by atoms with van der Waals surface area (Å²) in [5.41, 5.74) is 5.47. The molecule has 9 heteroatoms. The van der Waals surface area contributed by atoms with Crippen LogP contribution in [0.5, 0.6) is 0 Å². The van der Waals surface area contributed by atoms with Crippen molar-refractivity contribution in [1.29, 1.82) is 0 Å². The number of anilines is 1. The van der Waals surface area contributed by atoms with Gasteiger partial charge in [0.1, 0.15) is 0 Å². The van der Waals surface area contributed by atoms with Crippen LogP contribution in [0.4, 0.5) is 10.5 Å². The summed E-state index contributed by atoms with van der Waals surface area (Å²) in [6.07, 6.45) is 6.12. The molecule has 2 fully saturated rings. The van der Waals surface area contributed by atoms with Gasteiger partial charge < -0.3 is 15.4 Å². The van der Waals surface area contributed by atoms with Crippen molar-refractivity contribution in [3.63, 3.8) is 0 Å². The minimum absolute atomic E-state index is 0.110. The third-order valence-electron chi connectivity index (χ3n) is 7.00. The number of ether oxygens (including phenoxy) is 1. The molecule has 2 aromatic carbocycles. The highest BCUT2D eigenvalue weighted by molar-refractivity contribution is 8.00.